The number of nitrogens with zero attached hydrogens (tertiary/aromatic N) is 1. The standard InChI is InChI=1S/C11H24N2/c1-3-7-13(8-4-2)9-11(12)10-5-6-10/h10-11H,3-9,12H2,1-2H3. The van der Waals surface area contributed by atoms with Gasteiger partial charge in [0.05, 0.1) is 0 Å². The van der Waals surface area contributed by atoms with Crippen LogP contribution in [0, 0.1) is 5.92 Å². The fourth-order valence-corrected chi connectivity index (χ4v) is 1.90. The van der Waals surface area contributed by atoms with Crippen molar-refractivity contribution in [3.8, 4) is 0 Å². The molecule has 1 aliphatic rings. The summed E-state index contributed by atoms with van der Waals surface area (Å²) in [4.78, 5) is 2.52. The highest BCUT2D eigenvalue weighted by atomic mass is 15.1. The van der Waals surface area contributed by atoms with Crippen molar-refractivity contribution in [2.24, 2.45) is 11.7 Å². The van der Waals surface area contributed by atoms with Gasteiger partial charge in [-0.05, 0) is 44.7 Å². The first-order valence-corrected chi connectivity index (χ1v) is 5.75. The third kappa shape index (κ3) is 4.10. The van der Waals surface area contributed by atoms with E-state index in [2.05, 4.69) is 18.7 Å². The Labute approximate surface area is 82.5 Å². The van der Waals surface area contributed by atoms with Gasteiger partial charge in [0.2, 0.25) is 0 Å². The highest BCUT2D eigenvalue weighted by Crippen LogP contribution is 2.31. The molecule has 1 fully saturated rings. The van der Waals surface area contributed by atoms with Gasteiger partial charge >= 0.3 is 0 Å². The minimum atomic E-state index is 0.443. The van der Waals surface area contributed by atoms with Crippen molar-refractivity contribution < 1.29 is 0 Å². The molecule has 0 spiro atoms. The molecule has 1 rings (SSSR count). The van der Waals surface area contributed by atoms with Gasteiger partial charge in [0.25, 0.3) is 0 Å². The summed E-state index contributed by atoms with van der Waals surface area (Å²) < 4.78 is 0. The molecule has 2 heteroatoms. The largest absolute Gasteiger partial charge is 0.326 e. The van der Waals surface area contributed by atoms with Crippen LogP contribution in [0.2, 0.25) is 0 Å². The predicted molar refractivity (Wildman–Crippen MR) is 57.7 cm³/mol. The van der Waals surface area contributed by atoms with Crippen LogP contribution < -0.4 is 5.73 Å². The number of hydrogen-bond donors (Lipinski definition) is 1. The first-order chi connectivity index (χ1) is 6.27. The SMILES string of the molecule is CCCN(CCC)CC(N)C1CC1. The molecule has 0 bridgehead atoms. The normalized spacial score (nSPS) is 19.4. The van der Waals surface area contributed by atoms with E-state index in [-0.39, 0.29) is 0 Å². The number of rotatable bonds is 7. The summed E-state index contributed by atoms with van der Waals surface area (Å²) in [6.45, 7) is 8.03. The van der Waals surface area contributed by atoms with Crippen LogP contribution in [0.25, 0.3) is 0 Å². The monoisotopic (exact) mass is 184 g/mol. The molecule has 0 aromatic rings. The van der Waals surface area contributed by atoms with Gasteiger partial charge in [-0.25, -0.2) is 0 Å². The van der Waals surface area contributed by atoms with Crippen LogP contribution in [0.5, 0.6) is 0 Å². The van der Waals surface area contributed by atoms with Crippen LogP contribution in [-0.2, 0) is 0 Å². The van der Waals surface area contributed by atoms with E-state index in [0.29, 0.717) is 6.04 Å². The van der Waals surface area contributed by atoms with Gasteiger partial charge in [-0.15, -0.1) is 0 Å². The van der Waals surface area contributed by atoms with Gasteiger partial charge in [0.1, 0.15) is 0 Å². The van der Waals surface area contributed by atoms with E-state index in [1.165, 1.54) is 38.8 Å². The minimum absolute atomic E-state index is 0.443. The Morgan fingerprint density at radius 3 is 2.15 bits per heavy atom. The first-order valence-electron chi connectivity index (χ1n) is 5.75. The van der Waals surface area contributed by atoms with Crippen LogP contribution in [0.3, 0.4) is 0 Å². The quantitative estimate of drug-likeness (QED) is 0.654. The maximum atomic E-state index is 6.10. The Morgan fingerprint density at radius 2 is 1.77 bits per heavy atom. The highest BCUT2D eigenvalue weighted by Gasteiger charge is 2.29. The van der Waals surface area contributed by atoms with Gasteiger partial charge < -0.3 is 10.6 Å². The van der Waals surface area contributed by atoms with Gasteiger partial charge in [-0.2, -0.15) is 0 Å². The topological polar surface area (TPSA) is 29.3 Å². The molecule has 0 heterocycles. The van der Waals surface area contributed by atoms with E-state index in [4.69, 9.17) is 5.73 Å². The molecule has 13 heavy (non-hydrogen) atoms. The Hall–Kier alpha value is -0.0800. The Balaban J connectivity index is 2.18. The first kappa shape index (κ1) is 11.0. The highest BCUT2D eigenvalue weighted by molar-refractivity contribution is 4.85. The summed E-state index contributed by atoms with van der Waals surface area (Å²) in [6.07, 6.45) is 5.23. The third-order valence-electron chi connectivity index (χ3n) is 2.78. The van der Waals surface area contributed by atoms with Crippen LogP contribution >= 0.6 is 0 Å². The number of hydrogen-bond acceptors (Lipinski definition) is 2. The smallest absolute Gasteiger partial charge is 0.0196 e. The summed E-state index contributed by atoms with van der Waals surface area (Å²) in [5.41, 5.74) is 6.10. The molecular weight excluding hydrogens is 160 g/mol. The van der Waals surface area contributed by atoms with E-state index in [9.17, 15) is 0 Å². The maximum absolute atomic E-state index is 6.10. The lowest BCUT2D eigenvalue weighted by Crippen LogP contribution is -2.39. The molecule has 0 aliphatic heterocycles. The maximum Gasteiger partial charge on any atom is 0.0196 e. The second-order valence-corrected chi connectivity index (χ2v) is 4.30. The molecule has 1 atom stereocenters. The van der Waals surface area contributed by atoms with Crippen molar-refractivity contribution in [3.05, 3.63) is 0 Å². The molecule has 0 amide bonds. The average Bonchev–Trinajstić information content (AvgIpc) is 2.87. The lowest BCUT2D eigenvalue weighted by atomic mass is 10.2. The second kappa shape index (κ2) is 5.61. The third-order valence-corrected chi connectivity index (χ3v) is 2.78. The van der Waals surface area contributed by atoms with Crippen molar-refractivity contribution >= 4 is 0 Å². The molecule has 78 valence electrons. The van der Waals surface area contributed by atoms with Crippen LogP contribution in [0.4, 0.5) is 0 Å². The lowest BCUT2D eigenvalue weighted by Gasteiger charge is -2.24. The van der Waals surface area contributed by atoms with Gasteiger partial charge in [-0.3, -0.25) is 0 Å². The summed E-state index contributed by atoms with van der Waals surface area (Å²) in [5, 5.41) is 0. The van der Waals surface area contributed by atoms with Crippen molar-refractivity contribution in [1.82, 2.24) is 4.90 Å². The van der Waals surface area contributed by atoms with E-state index in [0.717, 1.165) is 12.5 Å². The Bertz CT molecular complexity index is 126. The lowest BCUT2D eigenvalue weighted by molar-refractivity contribution is 0.249. The van der Waals surface area contributed by atoms with Crippen molar-refractivity contribution in [1.29, 1.82) is 0 Å². The molecule has 2 N–H and O–H groups in total. The van der Waals surface area contributed by atoms with Crippen molar-refractivity contribution in [2.45, 2.75) is 45.6 Å². The number of nitrogens with two attached hydrogens (primary N) is 1. The van der Waals surface area contributed by atoms with Crippen LogP contribution in [0.15, 0.2) is 0 Å². The Morgan fingerprint density at radius 1 is 1.23 bits per heavy atom. The van der Waals surface area contributed by atoms with Crippen molar-refractivity contribution in [3.63, 3.8) is 0 Å². The molecule has 2 nitrogen and oxygen atoms in total. The summed E-state index contributed by atoms with van der Waals surface area (Å²) >= 11 is 0. The van der Waals surface area contributed by atoms with E-state index in [1.807, 2.05) is 0 Å². The van der Waals surface area contributed by atoms with E-state index >= 15 is 0 Å². The van der Waals surface area contributed by atoms with Gasteiger partial charge in [0.15, 0.2) is 0 Å². The molecule has 0 saturated heterocycles. The zero-order valence-corrected chi connectivity index (χ0v) is 9.13. The predicted octanol–water partition coefficient (Wildman–Crippen LogP) is 1.85. The minimum Gasteiger partial charge on any atom is -0.326 e. The van der Waals surface area contributed by atoms with Crippen molar-refractivity contribution in [2.75, 3.05) is 19.6 Å². The molecule has 1 unspecified atom stereocenters. The molecule has 1 saturated carbocycles. The summed E-state index contributed by atoms with van der Waals surface area (Å²) in [5.74, 6) is 0.844. The summed E-state index contributed by atoms with van der Waals surface area (Å²) in [7, 11) is 0. The Kier molecular flexibility index (Phi) is 4.74. The molecule has 0 aromatic carbocycles. The second-order valence-electron chi connectivity index (χ2n) is 4.30. The average molecular weight is 184 g/mol. The summed E-state index contributed by atoms with van der Waals surface area (Å²) in [6, 6.07) is 0.443. The van der Waals surface area contributed by atoms with Gasteiger partial charge in [0, 0.05) is 12.6 Å². The van der Waals surface area contributed by atoms with Gasteiger partial charge in [-0.1, -0.05) is 13.8 Å². The molecule has 0 aromatic heterocycles. The fourth-order valence-electron chi connectivity index (χ4n) is 1.90. The van der Waals surface area contributed by atoms with Crippen LogP contribution in [-0.4, -0.2) is 30.6 Å². The van der Waals surface area contributed by atoms with E-state index in [1.54, 1.807) is 0 Å². The molecule has 1 aliphatic carbocycles. The molecule has 0 radical (unpaired) electrons. The zero-order chi connectivity index (χ0) is 9.68. The van der Waals surface area contributed by atoms with E-state index < -0.39 is 0 Å². The fraction of sp³-hybridized carbons (Fsp3) is 1.00. The molecular formula is C11H24N2. The van der Waals surface area contributed by atoms with Crippen LogP contribution in [0.1, 0.15) is 39.5 Å². The zero-order valence-electron chi connectivity index (χ0n) is 9.13.